The van der Waals surface area contributed by atoms with Crippen LogP contribution in [0.2, 0.25) is 0 Å². The summed E-state index contributed by atoms with van der Waals surface area (Å²) in [4.78, 5) is 12.1. The van der Waals surface area contributed by atoms with Gasteiger partial charge in [0.25, 0.3) is 0 Å². The number of halogens is 1. The first-order valence-corrected chi connectivity index (χ1v) is 8.64. The lowest BCUT2D eigenvalue weighted by molar-refractivity contribution is 0.246. The van der Waals surface area contributed by atoms with E-state index in [1.165, 1.54) is 16.9 Å². The fourth-order valence-electron chi connectivity index (χ4n) is 2.72. The van der Waals surface area contributed by atoms with Crippen LogP contribution >= 0.6 is 27.3 Å². The summed E-state index contributed by atoms with van der Waals surface area (Å²) in [6.45, 7) is 2.09. The van der Waals surface area contributed by atoms with Crippen molar-refractivity contribution in [2.24, 2.45) is 0 Å². The lowest BCUT2D eigenvalue weighted by Gasteiger charge is -2.25. The van der Waals surface area contributed by atoms with Gasteiger partial charge in [0.1, 0.15) is 0 Å². The van der Waals surface area contributed by atoms with Crippen LogP contribution in [0.25, 0.3) is 0 Å². The van der Waals surface area contributed by atoms with E-state index in [0.717, 1.165) is 22.3 Å². The third-order valence-corrected chi connectivity index (χ3v) is 5.46. The number of urea groups is 1. The Morgan fingerprint density at radius 3 is 2.57 bits per heavy atom. The molecule has 2 aromatic rings. The average molecular weight is 365 g/mol. The van der Waals surface area contributed by atoms with Crippen molar-refractivity contribution in [3.05, 3.63) is 51.8 Å². The fourth-order valence-corrected chi connectivity index (χ4v) is 3.60. The van der Waals surface area contributed by atoms with Crippen molar-refractivity contribution in [3.8, 4) is 0 Å². The van der Waals surface area contributed by atoms with Gasteiger partial charge in [-0.2, -0.15) is 0 Å². The maximum Gasteiger partial charge on any atom is 0.320 e. The highest BCUT2D eigenvalue weighted by Gasteiger charge is 2.49. The third kappa shape index (κ3) is 3.14. The van der Waals surface area contributed by atoms with Crippen molar-refractivity contribution >= 4 is 38.3 Å². The molecule has 0 bridgehead atoms. The van der Waals surface area contributed by atoms with Crippen LogP contribution in [0.5, 0.6) is 0 Å². The molecule has 1 saturated carbocycles. The average Bonchev–Trinajstić information content (AvgIpc) is 3.12. The quantitative estimate of drug-likeness (QED) is 0.807. The van der Waals surface area contributed by atoms with Gasteiger partial charge in [-0.25, -0.2) is 4.79 Å². The molecule has 1 aliphatic carbocycles. The van der Waals surface area contributed by atoms with Crippen LogP contribution in [-0.4, -0.2) is 12.1 Å². The molecule has 0 aliphatic heterocycles. The zero-order valence-electron chi connectivity index (χ0n) is 11.7. The number of nitrogens with one attached hydrogen (secondary N) is 2. The number of thiophene rings is 1. The van der Waals surface area contributed by atoms with Crippen LogP contribution in [0.4, 0.5) is 9.80 Å². The van der Waals surface area contributed by atoms with E-state index in [1.54, 1.807) is 0 Å². The third-order valence-electron chi connectivity index (χ3n) is 4.14. The van der Waals surface area contributed by atoms with E-state index in [4.69, 9.17) is 0 Å². The molecule has 0 saturated heterocycles. The molecule has 3 rings (SSSR count). The molecule has 2 N–H and O–H groups in total. The van der Waals surface area contributed by atoms with Crippen LogP contribution in [-0.2, 0) is 5.41 Å². The van der Waals surface area contributed by atoms with E-state index in [-0.39, 0.29) is 17.5 Å². The van der Waals surface area contributed by atoms with Crippen LogP contribution in [0.15, 0.2) is 46.3 Å². The van der Waals surface area contributed by atoms with Crippen molar-refractivity contribution in [3.63, 3.8) is 0 Å². The highest BCUT2D eigenvalue weighted by atomic mass is 79.9. The Morgan fingerprint density at radius 1 is 1.29 bits per heavy atom. The first-order chi connectivity index (χ1) is 10.1. The largest absolute Gasteiger partial charge is 0.334 e. The van der Waals surface area contributed by atoms with Crippen LogP contribution < -0.4 is 10.6 Å². The lowest BCUT2D eigenvalue weighted by atomic mass is 9.89. The van der Waals surface area contributed by atoms with E-state index in [1.807, 2.05) is 17.5 Å². The zero-order chi connectivity index (χ0) is 14.9. The number of benzene rings is 1. The molecule has 1 unspecified atom stereocenters. The van der Waals surface area contributed by atoms with E-state index in [2.05, 4.69) is 57.8 Å². The van der Waals surface area contributed by atoms with E-state index >= 15 is 0 Å². The van der Waals surface area contributed by atoms with Gasteiger partial charge in [-0.15, -0.1) is 11.3 Å². The minimum atomic E-state index is -0.131. The lowest BCUT2D eigenvalue weighted by Crippen LogP contribution is -2.43. The van der Waals surface area contributed by atoms with Gasteiger partial charge in [0.05, 0.1) is 5.00 Å². The number of rotatable bonds is 4. The second-order valence-electron chi connectivity index (χ2n) is 5.46. The van der Waals surface area contributed by atoms with Crippen molar-refractivity contribution in [1.82, 2.24) is 5.32 Å². The first kappa shape index (κ1) is 14.6. The van der Waals surface area contributed by atoms with Gasteiger partial charge in [-0.3, -0.25) is 5.32 Å². The molecular formula is C16H17BrN2OS. The molecule has 1 aliphatic rings. The highest BCUT2D eigenvalue weighted by molar-refractivity contribution is 9.10. The Morgan fingerprint density at radius 2 is 2.00 bits per heavy atom. The molecule has 3 nitrogen and oxygen atoms in total. The van der Waals surface area contributed by atoms with Crippen LogP contribution in [0.1, 0.15) is 25.3 Å². The van der Waals surface area contributed by atoms with Gasteiger partial charge in [0.2, 0.25) is 0 Å². The SMILES string of the molecule is CC(NC(=O)Nc1cccs1)C1(c2ccc(Br)cc2)CC1. The predicted molar refractivity (Wildman–Crippen MR) is 91.0 cm³/mol. The van der Waals surface area contributed by atoms with Crippen molar-refractivity contribution < 1.29 is 4.79 Å². The monoisotopic (exact) mass is 364 g/mol. The minimum absolute atomic E-state index is 0.0908. The number of carbonyl (C=O) groups is 1. The molecule has 1 aromatic carbocycles. The van der Waals surface area contributed by atoms with Crippen LogP contribution in [0.3, 0.4) is 0 Å². The second-order valence-corrected chi connectivity index (χ2v) is 7.32. The molecule has 5 heteroatoms. The molecule has 1 fully saturated rings. The topological polar surface area (TPSA) is 41.1 Å². The van der Waals surface area contributed by atoms with Gasteiger partial charge in [-0.1, -0.05) is 28.1 Å². The Labute approximate surface area is 136 Å². The van der Waals surface area contributed by atoms with Crippen molar-refractivity contribution in [2.45, 2.75) is 31.2 Å². The maximum absolute atomic E-state index is 12.1. The van der Waals surface area contributed by atoms with Crippen molar-refractivity contribution in [1.29, 1.82) is 0 Å². The fraction of sp³-hybridized carbons (Fsp3) is 0.312. The molecular weight excluding hydrogens is 348 g/mol. The summed E-state index contributed by atoms with van der Waals surface area (Å²) in [6, 6.07) is 12.2. The minimum Gasteiger partial charge on any atom is -0.334 e. The summed E-state index contributed by atoms with van der Waals surface area (Å²) < 4.78 is 1.08. The van der Waals surface area contributed by atoms with Crippen molar-refractivity contribution in [2.75, 3.05) is 5.32 Å². The molecule has 2 amide bonds. The van der Waals surface area contributed by atoms with Crippen LogP contribution in [0, 0.1) is 0 Å². The van der Waals surface area contributed by atoms with E-state index < -0.39 is 0 Å². The predicted octanol–water partition coefficient (Wildman–Crippen LogP) is 4.75. The zero-order valence-corrected chi connectivity index (χ0v) is 14.1. The van der Waals surface area contributed by atoms with Gasteiger partial charge >= 0.3 is 6.03 Å². The summed E-state index contributed by atoms with van der Waals surface area (Å²) in [5.41, 5.74) is 1.39. The van der Waals surface area contributed by atoms with Gasteiger partial charge in [0, 0.05) is 15.9 Å². The maximum atomic E-state index is 12.1. The van der Waals surface area contributed by atoms with Gasteiger partial charge in [-0.05, 0) is 55.0 Å². The molecule has 0 spiro atoms. The number of anilines is 1. The highest BCUT2D eigenvalue weighted by Crippen LogP contribution is 2.51. The summed E-state index contributed by atoms with van der Waals surface area (Å²) in [6.07, 6.45) is 2.24. The van der Waals surface area contributed by atoms with E-state index in [0.29, 0.717) is 0 Å². The normalized spacial score (nSPS) is 17.0. The Hall–Kier alpha value is -1.33. The Kier molecular flexibility index (Phi) is 4.04. The summed E-state index contributed by atoms with van der Waals surface area (Å²) in [5, 5.41) is 8.77. The van der Waals surface area contributed by atoms with Gasteiger partial charge in [0.15, 0.2) is 0 Å². The molecule has 0 radical (unpaired) electrons. The number of amides is 2. The Bertz CT molecular complexity index is 620. The Balaban J connectivity index is 1.66. The molecule has 110 valence electrons. The summed E-state index contributed by atoms with van der Waals surface area (Å²) >= 11 is 4.99. The molecule has 1 aromatic heterocycles. The number of hydrogen-bond acceptors (Lipinski definition) is 2. The first-order valence-electron chi connectivity index (χ1n) is 6.97. The smallest absolute Gasteiger partial charge is 0.320 e. The second kappa shape index (κ2) is 5.81. The number of carbonyl (C=O) groups excluding carboxylic acids is 1. The van der Waals surface area contributed by atoms with Gasteiger partial charge < -0.3 is 5.32 Å². The summed E-state index contributed by atoms with van der Waals surface area (Å²) in [5.74, 6) is 0. The standard InChI is InChI=1S/C16H17BrN2OS/c1-11(18-15(20)19-14-3-2-10-21-14)16(8-9-16)12-4-6-13(17)7-5-12/h2-7,10-11H,8-9H2,1H3,(H2,18,19,20). The molecule has 1 atom stereocenters. The number of hydrogen-bond donors (Lipinski definition) is 2. The van der Waals surface area contributed by atoms with E-state index in [9.17, 15) is 4.79 Å². The molecule has 1 heterocycles. The summed E-state index contributed by atoms with van der Waals surface area (Å²) in [7, 11) is 0. The molecule has 21 heavy (non-hydrogen) atoms.